The van der Waals surface area contributed by atoms with Crippen LogP contribution in [0.2, 0.25) is 0 Å². The van der Waals surface area contributed by atoms with Crippen LogP contribution in [0.4, 0.5) is 5.69 Å². The van der Waals surface area contributed by atoms with Crippen LogP contribution < -0.4 is 14.9 Å². The van der Waals surface area contributed by atoms with Crippen LogP contribution in [0.1, 0.15) is 31.0 Å². The molecule has 0 fully saturated rings. The van der Waals surface area contributed by atoms with Gasteiger partial charge in [0.2, 0.25) is 0 Å². The Labute approximate surface area is 221 Å². The maximum atomic E-state index is 13.6. The normalized spacial score (nSPS) is 15.4. The van der Waals surface area contributed by atoms with E-state index in [9.17, 15) is 24.8 Å². The number of carbonyl (C=O) groups is 1. The summed E-state index contributed by atoms with van der Waals surface area (Å²) in [4.78, 5) is 43.2. The molecule has 0 unspecified atom stereocenters. The third kappa shape index (κ3) is 4.75. The number of aromatic nitrogens is 1. The average molecular weight is 590 g/mol. The second kappa shape index (κ2) is 10.4. The zero-order valence-corrected chi connectivity index (χ0v) is 22.6. The first kappa shape index (κ1) is 25.9. The van der Waals surface area contributed by atoms with Crippen molar-refractivity contribution in [3.63, 3.8) is 0 Å². The van der Waals surface area contributed by atoms with E-state index in [1.807, 2.05) is 30.5 Å². The van der Waals surface area contributed by atoms with E-state index in [1.165, 1.54) is 22.8 Å². The molecule has 0 aliphatic carbocycles. The van der Waals surface area contributed by atoms with Gasteiger partial charge in [0, 0.05) is 22.6 Å². The molecular formula is C24H20BrN3O6S2. The van der Waals surface area contributed by atoms with Gasteiger partial charge in [0.05, 0.1) is 37.8 Å². The summed E-state index contributed by atoms with van der Waals surface area (Å²) in [6.45, 7) is 3.56. The number of hydrogen-bond acceptors (Lipinski definition) is 9. The lowest BCUT2D eigenvalue weighted by molar-refractivity contribution is -0.385. The van der Waals surface area contributed by atoms with Gasteiger partial charge in [-0.05, 0) is 59.8 Å². The van der Waals surface area contributed by atoms with Crippen molar-refractivity contribution < 1.29 is 19.6 Å². The zero-order valence-electron chi connectivity index (χ0n) is 19.4. The second-order valence-electron chi connectivity index (χ2n) is 7.70. The number of carbonyl (C=O) groups excluding carboxylic acids is 1. The number of hydrogen-bond donors (Lipinski definition) is 1. The van der Waals surface area contributed by atoms with Crippen LogP contribution in [0.15, 0.2) is 66.8 Å². The number of thioether (sulfide) groups is 1. The quantitative estimate of drug-likeness (QED) is 0.200. The van der Waals surface area contributed by atoms with E-state index in [2.05, 4.69) is 20.9 Å². The van der Waals surface area contributed by atoms with Crippen LogP contribution in [0, 0.1) is 10.1 Å². The van der Waals surface area contributed by atoms with Crippen molar-refractivity contribution in [2.45, 2.75) is 24.8 Å². The lowest BCUT2D eigenvalue weighted by Gasteiger charge is -2.24. The SMILES string of the molecule is CCOC(=O)C1=C(C)N=c2s/c(=C\c3cc([N+](=O)[O-])cc(Br)c3O)c(=O)n2[C@@H]1c1ccc(SC)cc1. The summed E-state index contributed by atoms with van der Waals surface area (Å²) in [6, 6.07) is 9.13. The van der Waals surface area contributed by atoms with Gasteiger partial charge < -0.3 is 9.84 Å². The van der Waals surface area contributed by atoms with Gasteiger partial charge in [-0.25, -0.2) is 9.79 Å². The monoisotopic (exact) mass is 589 g/mol. The minimum atomic E-state index is -0.774. The van der Waals surface area contributed by atoms with Crippen molar-refractivity contribution in [3.05, 3.63) is 93.1 Å². The van der Waals surface area contributed by atoms with Crippen molar-refractivity contribution >= 4 is 56.8 Å². The maximum Gasteiger partial charge on any atom is 0.338 e. The van der Waals surface area contributed by atoms with Crippen LogP contribution in [-0.2, 0) is 9.53 Å². The Morgan fingerprint density at radius 3 is 2.67 bits per heavy atom. The number of halogens is 1. The summed E-state index contributed by atoms with van der Waals surface area (Å²) in [6.07, 6.45) is 3.34. The van der Waals surface area contributed by atoms with Gasteiger partial charge in [0.15, 0.2) is 4.80 Å². The molecule has 1 N–H and O–H groups in total. The van der Waals surface area contributed by atoms with Crippen LogP contribution in [-0.4, -0.2) is 33.4 Å². The fourth-order valence-corrected chi connectivity index (χ4v) is 5.76. The average Bonchev–Trinajstić information content (AvgIpc) is 3.15. The summed E-state index contributed by atoms with van der Waals surface area (Å²) in [5.41, 5.74) is 0.803. The van der Waals surface area contributed by atoms with E-state index in [4.69, 9.17) is 4.74 Å². The molecule has 0 spiro atoms. The smallest absolute Gasteiger partial charge is 0.338 e. The molecule has 2 heterocycles. The molecule has 1 aromatic heterocycles. The molecule has 9 nitrogen and oxygen atoms in total. The number of nitrogens with zero attached hydrogens (tertiary/aromatic N) is 3. The van der Waals surface area contributed by atoms with Crippen LogP contribution in [0.3, 0.4) is 0 Å². The van der Waals surface area contributed by atoms with Crippen molar-refractivity contribution in [2.24, 2.45) is 4.99 Å². The molecule has 0 radical (unpaired) electrons. The summed E-state index contributed by atoms with van der Waals surface area (Å²) in [5.74, 6) is -0.800. The Bertz CT molecular complexity index is 1590. The number of non-ortho nitro benzene ring substituents is 1. The van der Waals surface area contributed by atoms with E-state index in [-0.39, 0.29) is 38.2 Å². The third-order valence-electron chi connectivity index (χ3n) is 5.52. The summed E-state index contributed by atoms with van der Waals surface area (Å²) in [5, 5.41) is 21.7. The van der Waals surface area contributed by atoms with E-state index >= 15 is 0 Å². The highest BCUT2D eigenvalue weighted by Gasteiger charge is 2.33. The van der Waals surface area contributed by atoms with Gasteiger partial charge in [-0.15, -0.1) is 11.8 Å². The molecule has 12 heteroatoms. The number of benzene rings is 2. The highest BCUT2D eigenvalue weighted by atomic mass is 79.9. The fourth-order valence-electron chi connectivity index (χ4n) is 3.86. The number of thiazole rings is 1. The molecule has 4 rings (SSSR count). The summed E-state index contributed by atoms with van der Waals surface area (Å²) in [7, 11) is 0. The number of nitro groups is 1. The number of allylic oxidation sites excluding steroid dienone is 1. The lowest BCUT2D eigenvalue weighted by atomic mass is 9.96. The number of fused-ring (bicyclic) bond motifs is 1. The standard InChI is InChI=1S/C24H20BrN3O6S2/c1-4-34-23(31)19-12(2)26-24-27(20(19)13-5-7-16(35-3)8-6-13)22(30)18(36-24)10-14-9-15(28(32)33)11-17(25)21(14)29/h5-11,20,29H,4H2,1-3H3/b18-10-/t20-/m1/s1. The molecule has 1 atom stereocenters. The van der Waals surface area contributed by atoms with E-state index in [0.717, 1.165) is 16.2 Å². The first-order valence-corrected chi connectivity index (χ1v) is 13.5. The highest BCUT2D eigenvalue weighted by molar-refractivity contribution is 9.10. The van der Waals surface area contributed by atoms with Crippen LogP contribution >= 0.6 is 39.0 Å². The van der Waals surface area contributed by atoms with E-state index in [0.29, 0.717) is 16.1 Å². The Kier molecular flexibility index (Phi) is 7.48. The predicted octanol–water partition coefficient (Wildman–Crippen LogP) is 3.90. The van der Waals surface area contributed by atoms with Gasteiger partial charge >= 0.3 is 5.97 Å². The van der Waals surface area contributed by atoms with Crippen LogP contribution in [0.5, 0.6) is 5.75 Å². The number of phenolic OH excluding ortho intramolecular Hbond substituents is 1. The predicted molar refractivity (Wildman–Crippen MR) is 141 cm³/mol. The second-order valence-corrected chi connectivity index (χ2v) is 10.4. The largest absolute Gasteiger partial charge is 0.506 e. The maximum absolute atomic E-state index is 13.6. The van der Waals surface area contributed by atoms with Crippen molar-refractivity contribution in [1.82, 2.24) is 4.57 Å². The number of esters is 1. The number of nitro benzene ring substituents is 1. The molecule has 1 aliphatic heterocycles. The van der Waals surface area contributed by atoms with Gasteiger partial charge in [0.1, 0.15) is 5.75 Å². The summed E-state index contributed by atoms with van der Waals surface area (Å²) < 4.78 is 7.03. The molecule has 36 heavy (non-hydrogen) atoms. The first-order valence-electron chi connectivity index (χ1n) is 10.7. The Balaban J connectivity index is 1.97. The van der Waals surface area contributed by atoms with Crippen LogP contribution in [0.25, 0.3) is 6.08 Å². The molecule has 2 aromatic carbocycles. The number of aromatic hydroxyl groups is 1. The van der Waals surface area contributed by atoms with Gasteiger partial charge in [0.25, 0.3) is 11.2 Å². The molecule has 0 saturated heterocycles. The Morgan fingerprint density at radius 2 is 2.06 bits per heavy atom. The number of ether oxygens (including phenoxy) is 1. The van der Waals surface area contributed by atoms with Crippen molar-refractivity contribution in [1.29, 1.82) is 0 Å². The fraction of sp³-hybridized carbons (Fsp3) is 0.208. The highest BCUT2D eigenvalue weighted by Crippen LogP contribution is 2.34. The number of rotatable bonds is 6. The zero-order chi connectivity index (χ0) is 26.1. The summed E-state index contributed by atoms with van der Waals surface area (Å²) >= 11 is 5.75. The molecule has 3 aromatic rings. The topological polar surface area (TPSA) is 124 Å². The van der Waals surface area contributed by atoms with Crippen molar-refractivity contribution in [3.8, 4) is 5.75 Å². The minimum Gasteiger partial charge on any atom is -0.506 e. The lowest BCUT2D eigenvalue weighted by Crippen LogP contribution is -2.39. The number of phenols is 1. The first-order chi connectivity index (χ1) is 17.2. The molecule has 0 amide bonds. The van der Waals surface area contributed by atoms with Crippen molar-refractivity contribution in [2.75, 3.05) is 12.9 Å². The molecule has 0 saturated carbocycles. The third-order valence-corrected chi connectivity index (χ3v) is 7.85. The Hall–Kier alpha value is -3.22. The molecule has 0 bridgehead atoms. The molecule has 186 valence electrons. The Morgan fingerprint density at radius 1 is 1.36 bits per heavy atom. The van der Waals surface area contributed by atoms with E-state index in [1.54, 1.807) is 25.6 Å². The van der Waals surface area contributed by atoms with E-state index < -0.39 is 22.5 Å². The van der Waals surface area contributed by atoms with Gasteiger partial charge in [-0.1, -0.05) is 23.5 Å². The molecule has 1 aliphatic rings. The van der Waals surface area contributed by atoms with Gasteiger partial charge in [-0.2, -0.15) is 0 Å². The minimum absolute atomic E-state index is 0.101. The van der Waals surface area contributed by atoms with Gasteiger partial charge in [-0.3, -0.25) is 19.5 Å². The molecular weight excluding hydrogens is 570 g/mol.